The summed E-state index contributed by atoms with van der Waals surface area (Å²) in [5.41, 5.74) is 2.97. The molecular weight excluding hydrogens is 366 g/mol. The van der Waals surface area contributed by atoms with Gasteiger partial charge >= 0.3 is 0 Å². The Morgan fingerprint density at radius 3 is 2.69 bits per heavy atom. The number of nitrogens with zero attached hydrogens (tertiary/aromatic N) is 2. The molecule has 1 atom stereocenters. The molecule has 1 amide bonds. The number of hydrogen-bond acceptors (Lipinski definition) is 3. The van der Waals surface area contributed by atoms with E-state index in [9.17, 15) is 4.79 Å². The van der Waals surface area contributed by atoms with Crippen molar-refractivity contribution in [3.05, 3.63) is 76.3 Å². The van der Waals surface area contributed by atoms with Gasteiger partial charge in [-0.15, -0.1) is 11.3 Å². The summed E-state index contributed by atoms with van der Waals surface area (Å²) < 4.78 is 0. The molecule has 26 heavy (non-hydrogen) atoms. The number of para-hydroxylation sites is 1. The van der Waals surface area contributed by atoms with E-state index in [1.54, 1.807) is 11.8 Å². The monoisotopic (exact) mass is 386 g/mol. The van der Waals surface area contributed by atoms with E-state index in [0.29, 0.717) is 5.13 Å². The number of rotatable bonds is 6. The Kier molecular flexibility index (Phi) is 6.04. The second-order valence-corrected chi connectivity index (χ2v) is 7.37. The average molecular weight is 387 g/mol. The van der Waals surface area contributed by atoms with Crippen LogP contribution >= 0.6 is 22.9 Å². The number of amides is 1. The van der Waals surface area contributed by atoms with Crippen LogP contribution in [0, 0.1) is 0 Å². The molecule has 0 saturated heterocycles. The Morgan fingerprint density at radius 2 is 2.00 bits per heavy atom. The Labute approximate surface area is 162 Å². The quantitative estimate of drug-likeness (QED) is 0.686. The summed E-state index contributed by atoms with van der Waals surface area (Å²) in [5, 5.41) is 5.67. The number of hydrogen-bond donors (Lipinski definition) is 1. The highest BCUT2D eigenvalue weighted by Crippen LogP contribution is 2.28. The molecule has 0 aliphatic rings. The lowest BCUT2D eigenvalue weighted by Gasteiger charge is -2.17. The molecule has 2 N–H and O–H groups in total. The largest absolute Gasteiger partial charge is 0.335 e. The maximum Gasteiger partial charge on any atom is 0.230 e. The maximum absolute atomic E-state index is 12.1. The maximum atomic E-state index is 12.1. The summed E-state index contributed by atoms with van der Waals surface area (Å²) in [5.74, 6) is -0.0478. The normalized spacial score (nSPS) is 12.0. The molecule has 0 radical (unpaired) electrons. The highest BCUT2D eigenvalue weighted by Gasteiger charge is 2.18. The molecule has 0 aliphatic carbocycles. The van der Waals surface area contributed by atoms with Crippen molar-refractivity contribution in [1.29, 1.82) is 0 Å². The first-order chi connectivity index (χ1) is 12.5. The van der Waals surface area contributed by atoms with Crippen LogP contribution < -0.4 is 10.2 Å². The van der Waals surface area contributed by atoms with Crippen LogP contribution in [0.1, 0.15) is 31.1 Å². The van der Waals surface area contributed by atoms with E-state index in [0.717, 1.165) is 22.9 Å². The number of aromatic nitrogens is 1. The summed E-state index contributed by atoms with van der Waals surface area (Å²) >= 11 is 7.55. The van der Waals surface area contributed by atoms with Crippen LogP contribution in [0.15, 0.2) is 60.0 Å². The van der Waals surface area contributed by atoms with Crippen LogP contribution in [0.5, 0.6) is 0 Å². The van der Waals surface area contributed by atoms with Crippen LogP contribution in [-0.2, 0) is 11.3 Å². The lowest BCUT2D eigenvalue weighted by molar-refractivity contribution is -0.708. The first-order valence-corrected chi connectivity index (χ1v) is 9.69. The molecule has 1 heterocycles. The van der Waals surface area contributed by atoms with E-state index in [1.165, 1.54) is 16.9 Å². The Hall–Kier alpha value is -2.21. The number of nitrogens with two attached hydrogens (primary N) is 1. The van der Waals surface area contributed by atoms with Crippen LogP contribution in [0.3, 0.4) is 0 Å². The zero-order valence-corrected chi connectivity index (χ0v) is 16.3. The SMILES string of the molecule is CC(=O)N(c1ccccc1)c1nc(C[NH2+][C@H](C)c2cccc(Cl)c2)cs1. The van der Waals surface area contributed by atoms with E-state index < -0.39 is 0 Å². The molecule has 134 valence electrons. The predicted molar refractivity (Wildman–Crippen MR) is 107 cm³/mol. The van der Waals surface area contributed by atoms with E-state index >= 15 is 0 Å². The van der Waals surface area contributed by atoms with Gasteiger partial charge in [0.15, 0.2) is 5.13 Å². The lowest BCUT2D eigenvalue weighted by atomic mass is 10.1. The third kappa shape index (κ3) is 4.49. The zero-order valence-electron chi connectivity index (χ0n) is 14.7. The van der Waals surface area contributed by atoms with Gasteiger partial charge in [0.25, 0.3) is 0 Å². The van der Waals surface area contributed by atoms with Crippen molar-refractivity contribution in [1.82, 2.24) is 4.98 Å². The average Bonchev–Trinajstić information content (AvgIpc) is 3.09. The topological polar surface area (TPSA) is 49.8 Å². The molecule has 1 aromatic heterocycles. The molecule has 4 nitrogen and oxygen atoms in total. The zero-order chi connectivity index (χ0) is 18.5. The van der Waals surface area contributed by atoms with Crippen LogP contribution in [0.25, 0.3) is 0 Å². The van der Waals surface area contributed by atoms with Crippen molar-refractivity contribution in [2.45, 2.75) is 26.4 Å². The standard InChI is InChI=1S/C20H20ClN3OS/c1-14(16-7-6-8-17(21)11-16)22-12-18-13-26-20(23-18)24(15(2)25)19-9-4-3-5-10-19/h3-11,13-14,22H,12H2,1-2H3/p+1/t14-/m1/s1. The van der Waals surface area contributed by atoms with Gasteiger partial charge in [0.2, 0.25) is 5.91 Å². The van der Waals surface area contributed by atoms with Gasteiger partial charge in [-0.05, 0) is 31.2 Å². The van der Waals surface area contributed by atoms with E-state index in [4.69, 9.17) is 11.6 Å². The first kappa shape index (κ1) is 18.6. The second kappa shape index (κ2) is 8.45. The number of anilines is 2. The van der Waals surface area contributed by atoms with Crippen LogP contribution in [-0.4, -0.2) is 10.9 Å². The van der Waals surface area contributed by atoms with Gasteiger partial charge in [-0.25, -0.2) is 4.98 Å². The molecule has 0 spiro atoms. The fraction of sp³-hybridized carbons (Fsp3) is 0.200. The van der Waals surface area contributed by atoms with Gasteiger partial charge < -0.3 is 5.32 Å². The van der Waals surface area contributed by atoms with Crippen molar-refractivity contribution in [3.8, 4) is 0 Å². The minimum atomic E-state index is -0.0478. The number of carbonyl (C=O) groups is 1. The number of halogens is 1. The van der Waals surface area contributed by atoms with Gasteiger partial charge in [-0.1, -0.05) is 41.9 Å². The Balaban J connectivity index is 1.70. The smallest absolute Gasteiger partial charge is 0.230 e. The van der Waals surface area contributed by atoms with Crippen molar-refractivity contribution in [2.75, 3.05) is 4.90 Å². The highest BCUT2D eigenvalue weighted by molar-refractivity contribution is 7.14. The minimum absolute atomic E-state index is 0.0478. The van der Waals surface area contributed by atoms with Gasteiger partial charge in [0.1, 0.15) is 18.3 Å². The van der Waals surface area contributed by atoms with Gasteiger partial charge in [0, 0.05) is 22.9 Å². The fourth-order valence-corrected chi connectivity index (χ4v) is 3.82. The van der Waals surface area contributed by atoms with Crippen LogP contribution in [0.4, 0.5) is 10.8 Å². The van der Waals surface area contributed by atoms with E-state index in [-0.39, 0.29) is 11.9 Å². The number of quaternary nitrogens is 1. The predicted octanol–water partition coefficient (Wildman–Crippen LogP) is 4.31. The van der Waals surface area contributed by atoms with Gasteiger partial charge in [-0.2, -0.15) is 0 Å². The molecule has 3 aromatic rings. The third-order valence-corrected chi connectivity index (χ3v) is 5.22. The highest BCUT2D eigenvalue weighted by atomic mass is 35.5. The summed E-state index contributed by atoms with van der Waals surface area (Å²) in [4.78, 5) is 18.4. The Morgan fingerprint density at radius 1 is 1.23 bits per heavy atom. The molecule has 0 bridgehead atoms. The fourth-order valence-electron chi connectivity index (χ4n) is 2.72. The summed E-state index contributed by atoms with van der Waals surface area (Å²) in [6, 6.07) is 17.8. The van der Waals surface area contributed by atoms with E-state index in [1.807, 2.05) is 53.9 Å². The van der Waals surface area contributed by atoms with Crippen molar-refractivity contribution in [3.63, 3.8) is 0 Å². The molecule has 0 unspecified atom stereocenters. The summed E-state index contributed by atoms with van der Waals surface area (Å²) in [6.45, 7) is 4.44. The molecule has 0 saturated carbocycles. The first-order valence-electron chi connectivity index (χ1n) is 8.43. The molecule has 2 aromatic carbocycles. The number of benzene rings is 2. The van der Waals surface area contributed by atoms with Crippen LogP contribution in [0.2, 0.25) is 5.02 Å². The molecule has 0 aliphatic heterocycles. The van der Waals surface area contributed by atoms with Gasteiger partial charge in [-0.3, -0.25) is 9.69 Å². The summed E-state index contributed by atoms with van der Waals surface area (Å²) in [7, 11) is 0. The van der Waals surface area contributed by atoms with Crippen molar-refractivity contribution < 1.29 is 10.1 Å². The molecule has 0 fully saturated rings. The van der Waals surface area contributed by atoms with Gasteiger partial charge in [0.05, 0.1) is 5.69 Å². The van der Waals surface area contributed by atoms with Crippen molar-refractivity contribution >= 4 is 39.7 Å². The van der Waals surface area contributed by atoms with Crippen molar-refractivity contribution in [2.24, 2.45) is 0 Å². The summed E-state index contributed by atoms with van der Waals surface area (Å²) in [6.07, 6.45) is 0. The molecular formula is C20H21ClN3OS+. The van der Waals surface area contributed by atoms with E-state index in [2.05, 4.69) is 23.3 Å². The Bertz CT molecular complexity index is 882. The molecule has 3 rings (SSSR count). The lowest BCUT2D eigenvalue weighted by Crippen LogP contribution is -2.83. The molecule has 6 heteroatoms. The number of thiazole rings is 1. The number of carbonyl (C=O) groups excluding carboxylic acids is 1. The minimum Gasteiger partial charge on any atom is -0.335 e. The third-order valence-electron chi connectivity index (χ3n) is 4.12. The second-order valence-electron chi connectivity index (χ2n) is 6.09.